The maximum atomic E-state index is 11.7. The fraction of sp³-hybridized carbons (Fsp3) is 0.538. The fourth-order valence-electron chi connectivity index (χ4n) is 2.26. The Labute approximate surface area is 122 Å². The van der Waals surface area contributed by atoms with Crippen LogP contribution in [0.25, 0.3) is 0 Å². The van der Waals surface area contributed by atoms with Crippen molar-refractivity contribution in [2.24, 2.45) is 0 Å². The first kappa shape index (κ1) is 14.3. The molecule has 0 spiro atoms. The number of hydrogen-bond acceptors (Lipinski definition) is 3. The second kappa shape index (κ2) is 5.88. The van der Waals surface area contributed by atoms with E-state index in [-0.39, 0.29) is 11.3 Å². The highest BCUT2D eigenvalue weighted by atomic mass is 127. The maximum Gasteiger partial charge on any atom is 0.154 e. The Morgan fingerprint density at radius 3 is 2.61 bits per heavy atom. The summed E-state index contributed by atoms with van der Waals surface area (Å²) in [4.78, 5) is 0. The summed E-state index contributed by atoms with van der Waals surface area (Å²) in [5, 5.41) is 3.14. The van der Waals surface area contributed by atoms with E-state index in [1.807, 2.05) is 0 Å². The topological polar surface area (TPSA) is 46.2 Å². The van der Waals surface area contributed by atoms with Crippen LogP contribution in [0, 0.1) is 3.57 Å². The van der Waals surface area contributed by atoms with Crippen molar-refractivity contribution in [2.75, 3.05) is 12.3 Å². The molecule has 0 bridgehead atoms. The van der Waals surface area contributed by atoms with Crippen LogP contribution in [0.3, 0.4) is 0 Å². The number of nitrogens with one attached hydrogen (secondary N) is 1. The zero-order chi connectivity index (χ0) is 13.2. The molecule has 1 aromatic carbocycles. The number of rotatable bonds is 4. The van der Waals surface area contributed by atoms with E-state index in [0.29, 0.717) is 12.3 Å². The van der Waals surface area contributed by atoms with E-state index in [1.54, 1.807) is 0 Å². The minimum Gasteiger partial charge on any atom is -0.309 e. The monoisotopic (exact) mass is 379 g/mol. The van der Waals surface area contributed by atoms with Crippen LogP contribution in [0.4, 0.5) is 0 Å². The first-order chi connectivity index (χ1) is 8.49. The second-order valence-electron chi connectivity index (χ2n) is 4.81. The van der Waals surface area contributed by atoms with Crippen molar-refractivity contribution in [1.29, 1.82) is 0 Å². The smallest absolute Gasteiger partial charge is 0.154 e. The second-order valence-corrected chi connectivity index (χ2v) is 8.46. The van der Waals surface area contributed by atoms with Gasteiger partial charge in [-0.05, 0) is 60.1 Å². The highest BCUT2D eigenvalue weighted by Gasteiger charge is 2.31. The van der Waals surface area contributed by atoms with Crippen molar-refractivity contribution in [3.63, 3.8) is 0 Å². The molecule has 2 rings (SSSR count). The Balaban J connectivity index is 1.92. The minimum atomic E-state index is -2.84. The van der Waals surface area contributed by atoms with Crippen molar-refractivity contribution < 1.29 is 8.42 Å². The lowest BCUT2D eigenvalue weighted by molar-refractivity contribution is 0.538. The summed E-state index contributed by atoms with van der Waals surface area (Å²) >= 11 is 2.28. The Hall–Kier alpha value is -0.140. The summed E-state index contributed by atoms with van der Waals surface area (Å²) < 4.78 is 24.6. The van der Waals surface area contributed by atoms with Gasteiger partial charge in [-0.1, -0.05) is 12.1 Å². The van der Waals surface area contributed by atoms with Gasteiger partial charge in [-0.25, -0.2) is 8.42 Å². The molecule has 5 heteroatoms. The lowest BCUT2D eigenvalue weighted by Gasteiger charge is -2.17. The van der Waals surface area contributed by atoms with Crippen LogP contribution >= 0.6 is 22.6 Å². The zero-order valence-electron chi connectivity index (χ0n) is 10.4. The number of halogens is 1. The molecule has 3 nitrogen and oxygen atoms in total. The maximum absolute atomic E-state index is 11.7. The summed E-state index contributed by atoms with van der Waals surface area (Å²) in [7, 11) is -2.84. The predicted octanol–water partition coefficient (Wildman–Crippen LogP) is 2.52. The molecule has 0 aromatic heterocycles. The van der Waals surface area contributed by atoms with Crippen molar-refractivity contribution in [1.82, 2.24) is 5.32 Å². The molecule has 2 atom stereocenters. The molecule has 1 heterocycles. The molecule has 0 amide bonds. The van der Waals surface area contributed by atoms with Crippen LogP contribution in [-0.4, -0.2) is 26.0 Å². The van der Waals surface area contributed by atoms with Crippen molar-refractivity contribution in [2.45, 2.75) is 31.1 Å². The molecule has 1 aliphatic heterocycles. The summed E-state index contributed by atoms with van der Waals surface area (Å²) in [5.74, 6) is 0.358. The molecule has 0 aliphatic carbocycles. The predicted molar refractivity (Wildman–Crippen MR) is 82.4 cm³/mol. The molecule has 1 saturated heterocycles. The largest absolute Gasteiger partial charge is 0.309 e. The first-order valence-corrected chi connectivity index (χ1v) is 8.99. The molecule has 18 heavy (non-hydrogen) atoms. The van der Waals surface area contributed by atoms with Gasteiger partial charge in [-0.15, -0.1) is 0 Å². The Bertz CT molecular complexity index is 498. The van der Waals surface area contributed by atoms with E-state index in [9.17, 15) is 8.42 Å². The summed E-state index contributed by atoms with van der Waals surface area (Å²) in [6, 6.07) is 8.50. The van der Waals surface area contributed by atoms with Gasteiger partial charge < -0.3 is 5.32 Å². The van der Waals surface area contributed by atoms with Crippen LogP contribution < -0.4 is 5.32 Å². The van der Waals surface area contributed by atoms with Gasteiger partial charge in [0.25, 0.3) is 0 Å². The van der Waals surface area contributed by atoms with Crippen LogP contribution in [0.2, 0.25) is 0 Å². The van der Waals surface area contributed by atoms with E-state index < -0.39 is 9.84 Å². The molecular weight excluding hydrogens is 361 g/mol. The van der Waals surface area contributed by atoms with Crippen LogP contribution in [-0.2, 0) is 9.84 Å². The van der Waals surface area contributed by atoms with Crippen LogP contribution in [0.5, 0.6) is 0 Å². The lowest BCUT2D eigenvalue weighted by Crippen LogP contribution is -2.32. The lowest BCUT2D eigenvalue weighted by atomic mass is 10.1. The van der Waals surface area contributed by atoms with Crippen molar-refractivity contribution in [3.8, 4) is 0 Å². The van der Waals surface area contributed by atoms with Crippen molar-refractivity contribution in [3.05, 3.63) is 33.4 Å². The molecule has 0 radical (unpaired) electrons. The molecule has 2 unspecified atom stereocenters. The molecule has 1 aromatic rings. The Kier molecular flexibility index (Phi) is 4.66. The average Bonchev–Trinajstić information content (AvgIpc) is 2.66. The van der Waals surface area contributed by atoms with E-state index in [0.717, 1.165) is 12.8 Å². The third-order valence-electron chi connectivity index (χ3n) is 3.48. The SMILES string of the molecule is CC(NCC1CCCS1(=O)=O)c1ccc(I)cc1. The number of benzene rings is 1. The van der Waals surface area contributed by atoms with Gasteiger partial charge in [0.15, 0.2) is 9.84 Å². The van der Waals surface area contributed by atoms with E-state index in [4.69, 9.17) is 0 Å². The van der Waals surface area contributed by atoms with Crippen molar-refractivity contribution >= 4 is 32.4 Å². The van der Waals surface area contributed by atoms with Gasteiger partial charge in [0.1, 0.15) is 0 Å². The molecule has 1 N–H and O–H groups in total. The zero-order valence-corrected chi connectivity index (χ0v) is 13.4. The summed E-state index contributed by atoms with van der Waals surface area (Å²) in [6.07, 6.45) is 1.61. The number of hydrogen-bond donors (Lipinski definition) is 1. The number of sulfone groups is 1. The highest BCUT2D eigenvalue weighted by molar-refractivity contribution is 14.1. The summed E-state index contributed by atoms with van der Waals surface area (Å²) in [5.41, 5.74) is 1.20. The third kappa shape index (κ3) is 3.45. The van der Waals surface area contributed by atoms with Gasteiger partial charge in [-0.3, -0.25) is 0 Å². The van der Waals surface area contributed by atoms with Gasteiger partial charge in [-0.2, -0.15) is 0 Å². The third-order valence-corrected chi connectivity index (χ3v) is 6.48. The molecule has 1 fully saturated rings. The van der Waals surface area contributed by atoms with Gasteiger partial charge in [0.05, 0.1) is 11.0 Å². The molecule has 100 valence electrons. The van der Waals surface area contributed by atoms with E-state index in [2.05, 4.69) is 59.1 Å². The van der Waals surface area contributed by atoms with Gasteiger partial charge in [0, 0.05) is 16.2 Å². The fourth-order valence-corrected chi connectivity index (χ4v) is 4.40. The van der Waals surface area contributed by atoms with Crippen LogP contribution in [0.15, 0.2) is 24.3 Å². The van der Waals surface area contributed by atoms with E-state index >= 15 is 0 Å². The van der Waals surface area contributed by atoms with Gasteiger partial charge >= 0.3 is 0 Å². The molecular formula is C13H18INO2S. The molecule has 0 saturated carbocycles. The first-order valence-electron chi connectivity index (χ1n) is 6.19. The quantitative estimate of drug-likeness (QED) is 0.818. The van der Waals surface area contributed by atoms with Gasteiger partial charge in [0.2, 0.25) is 0 Å². The summed E-state index contributed by atoms with van der Waals surface area (Å²) in [6.45, 7) is 2.64. The van der Waals surface area contributed by atoms with E-state index in [1.165, 1.54) is 9.13 Å². The average molecular weight is 379 g/mol. The standard InChI is InChI=1S/C13H18INO2S/c1-10(11-4-6-12(14)7-5-11)15-9-13-3-2-8-18(13,16)17/h4-7,10,13,15H,2-3,8-9H2,1H3. The highest BCUT2D eigenvalue weighted by Crippen LogP contribution is 2.21. The normalized spacial score (nSPS) is 24.0. The minimum absolute atomic E-state index is 0.191. The van der Waals surface area contributed by atoms with Crippen LogP contribution in [0.1, 0.15) is 31.4 Å². The molecule has 1 aliphatic rings. The Morgan fingerprint density at radius 2 is 2.06 bits per heavy atom. The Morgan fingerprint density at radius 1 is 1.39 bits per heavy atom.